The molecule has 3 heterocycles. The lowest BCUT2D eigenvalue weighted by Gasteiger charge is -2.26. The number of carbonyl (C=O) groups excluding carboxylic acids is 2. The first kappa shape index (κ1) is 29.7. The van der Waals surface area contributed by atoms with Gasteiger partial charge in [-0.1, -0.05) is 34.6 Å². The van der Waals surface area contributed by atoms with Crippen LogP contribution < -0.4 is 5.32 Å². The van der Waals surface area contributed by atoms with E-state index in [1.165, 1.54) is 27.8 Å². The molecule has 1 aromatic carbocycles. The molecule has 8 nitrogen and oxygen atoms in total. The van der Waals surface area contributed by atoms with Crippen LogP contribution in [0, 0.1) is 11.8 Å². The lowest BCUT2D eigenvalue weighted by atomic mass is 10.0. The number of hydrogen-bond donors (Lipinski definition) is 1. The number of thiophene rings is 1. The van der Waals surface area contributed by atoms with Crippen molar-refractivity contribution in [1.82, 2.24) is 14.1 Å². The number of benzene rings is 1. The molecule has 214 valence electrons. The monoisotopic (exact) mass is 574 g/mol. The van der Waals surface area contributed by atoms with Gasteiger partial charge in [0.05, 0.1) is 10.5 Å². The molecule has 0 spiro atoms. The summed E-state index contributed by atoms with van der Waals surface area (Å²) in [6.07, 6.45) is 2.80. The summed E-state index contributed by atoms with van der Waals surface area (Å²) < 4.78 is 28.3. The van der Waals surface area contributed by atoms with E-state index in [4.69, 9.17) is 0 Å². The second-order valence-corrected chi connectivity index (χ2v) is 14.5. The van der Waals surface area contributed by atoms with Gasteiger partial charge in [-0.05, 0) is 67.5 Å². The van der Waals surface area contributed by atoms with Crippen molar-refractivity contribution in [1.29, 1.82) is 0 Å². The molecule has 1 aromatic heterocycles. The molecule has 0 unspecified atom stereocenters. The Morgan fingerprint density at radius 3 is 2.18 bits per heavy atom. The molecule has 2 aliphatic heterocycles. The summed E-state index contributed by atoms with van der Waals surface area (Å²) in [5, 5.41) is 3.60. The largest absolute Gasteiger partial charge is 0.339 e. The van der Waals surface area contributed by atoms with E-state index in [0.29, 0.717) is 29.2 Å². The van der Waals surface area contributed by atoms with E-state index in [-0.39, 0.29) is 28.5 Å². The summed E-state index contributed by atoms with van der Waals surface area (Å²) in [5.74, 6) is 0.0489. The predicted molar refractivity (Wildman–Crippen MR) is 157 cm³/mol. The van der Waals surface area contributed by atoms with Gasteiger partial charge in [-0.15, -0.1) is 11.3 Å². The molecule has 1 fully saturated rings. The number of carbonyl (C=O) groups is 2. The van der Waals surface area contributed by atoms with E-state index >= 15 is 0 Å². The van der Waals surface area contributed by atoms with E-state index in [9.17, 15) is 18.0 Å². The average molecular weight is 575 g/mol. The van der Waals surface area contributed by atoms with Crippen molar-refractivity contribution in [3.8, 4) is 0 Å². The van der Waals surface area contributed by atoms with Crippen molar-refractivity contribution < 1.29 is 18.0 Å². The van der Waals surface area contributed by atoms with Gasteiger partial charge < -0.3 is 10.2 Å². The first-order valence-corrected chi connectivity index (χ1v) is 16.3. The fourth-order valence-corrected chi connectivity index (χ4v) is 8.35. The predicted octanol–water partition coefficient (Wildman–Crippen LogP) is 4.92. The van der Waals surface area contributed by atoms with Crippen LogP contribution in [-0.2, 0) is 23.0 Å². The van der Waals surface area contributed by atoms with E-state index in [0.717, 1.165) is 62.4 Å². The van der Waals surface area contributed by atoms with Crippen LogP contribution in [0.2, 0.25) is 0 Å². The molecule has 2 amide bonds. The van der Waals surface area contributed by atoms with Gasteiger partial charge in [0.2, 0.25) is 10.0 Å². The second kappa shape index (κ2) is 12.5. The van der Waals surface area contributed by atoms with E-state index in [2.05, 4.69) is 17.1 Å². The van der Waals surface area contributed by atoms with Crippen LogP contribution in [0.25, 0.3) is 0 Å². The van der Waals surface area contributed by atoms with E-state index < -0.39 is 10.0 Å². The maximum atomic E-state index is 13.5. The maximum Gasteiger partial charge on any atom is 0.257 e. The number of hydrogen-bond acceptors (Lipinski definition) is 6. The van der Waals surface area contributed by atoms with Crippen LogP contribution in [0.4, 0.5) is 5.00 Å². The molecule has 0 bridgehead atoms. The first-order chi connectivity index (χ1) is 18.5. The van der Waals surface area contributed by atoms with E-state index in [1.807, 2.05) is 32.6 Å². The van der Waals surface area contributed by atoms with Gasteiger partial charge in [0.25, 0.3) is 11.8 Å². The summed E-state index contributed by atoms with van der Waals surface area (Å²) in [6, 6.07) is 6.12. The maximum absolute atomic E-state index is 13.5. The quantitative estimate of drug-likeness (QED) is 0.435. The number of nitrogens with zero attached hydrogens (tertiary/aromatic N) is 3. The summed E-state index contributed by atoms with van der Waals surface area (Å²) in [4.78, 5) is 32.4. The molecule has 2 aromatic rings. The lowest BCUT2D eigenvalue weighted by molar-refractivity contribution is 0.0792. The van der Waals surface area contributed by atoms with Crippen molar-refractivity contribution in [3.05, 3.63) is 45.8 Å². The molecular formula is C29H42N4O4S2. The molecule has 4 rings (SSSR count). The van der Waals surface area contributed by atoms with Gasteiger partial charge in [0.1, 0.15) is 5.00 Å². The smallest absolute Gasteiger partial charge is 0.257 e. The number of rotatable bonds is 10. The van der Waals surface area contributed by atoms with Gasteiger partial charge in [0, 0.05) is 49.7 Å². The van der Waals surface area contributed by atoms with Gasteiger partial charge in [-0.25, -0.2) is 8.42 Å². The van der Waals surface area contributed by atoms with Crippen LogP contribution in [0.5, 0.6) is 0 Å². The van der Waals surface area contributed by atoms with Crippen molar-refractivity contribution in [2.45, 2.75) is 65.3 Å². The van der Waals surface area contributed by atoms with Crippen molar-refractivity contribution in [2.75, 3.05) is 44.6 Å². The lowest BCUT2D eigenvalue weighted by Crippen LogP contribution is -2.37. The molecule has 0 saturated carbocycles. The van der Waals surface area contributed by atoms with Crippen LogP contribution in [0.15, 0.2) is 29.2 Å². The van der Waals surface area contributed by atoms with Crippen molar-refractivity contribution >= 4 is 38.2 Å². The summed E-state index contributed by atoms with van der Waals surface area (Å²) in [6.45, 7) is 15.1. The molecule has 0 radical (unpaired) electrons. The number of fused-ring (bicyclic) bond motifs is 1. The highest BCUT2D eigenvalue weighted by atomic mass is 32.2. The highest BCUT2D eigenvalue weighted by Crippen LogP contribution is 2.38. The number of sulfonamides is 1. The molecular weight excluding hydrogens is 532 g/mol. The third kappa shape index (κ3) is 6.73. The first-order valence-electron chi connectivity index (χ1n) is 14.1. The Balaban J connectivity index is 1.58. The Kier molecular flexibility index (Phi) is 9.52. The van der Waals surface area contributed by atoms with Crippen molar-refractivity contribution in [2.24, 2.45) is 11.8 Å². The van der Waals surface area contributed by atoms with Gasteiger partial charge in [-0.2, -0.15) is 4.31 Å². The second-order valence-electron chi connectivity index (χ2n) is 11.4. The molecule has 39 heavy (non-hydrogen) atoms. The molecule has 1 N–H and O–H groups in total. The molecule has 0 aliphatic carbocycles. The Morgan fingerprint density at radius 2 is 1.62 bits per heavy atom. The fourth-order valence-electron chi connectivity index (χ4n) is 5.31. The van der Waals surface area contributed by atoms with Crippen LogP contribution >= 0.6 is 11.3 Å². The highest BCUT2D eigenvalue weighted by Gasteiger charge is 2.32. The van der Waals surface area contributed by atoms with Crippen LogP contribution in [0.1, 0.15) is 78.6 Å². The molecule has 0 atom stereocenters. The third-order valence-electron chi connectivity index (χ3n) is 7.31. The minimum Gasteiger partial charge on any atom is -0.339 e. The summed E-state index contributed by atoms with van der Waals surface area (Å²) in [7, 11) is -3.68. The van der Waals surface area contributed by atoms with Crippen molar-refractivity contribution in [3.63, 3.8) is 0 Å². The van der Waals surface area contributed by atoms with Crippen LogP contribution in [-0.4, -0.2) is 73.6 Å². The molecule has 2 aliphatic rings. The number of likely N-dealkylation sites (tertiary alicyclic amines) is 1. The highest BCUT2D eigenvalue weighted by molar-refractivity contribution is 7.89. The Labute approximate surface area is 237 Å². The number of anilines is 1. The van der Waals surface area contributed by atoms with Gasteiger partial charge in [0.15, 0.2) is 0 Å². The van der Waals surface area contributed by atoms with Crippen LogP contribution in [0.3, 0.4) is 0 Å². The average Bonchev–Trinajstić information content (AvgIpc) is 3.55. The zero-order valence-corrected chi connectivity index (χ0v) is 25.5. The standard InChI is InChI=1S/C29H42N4O4S2/c1-6-31-16-13-24-25(19-31)38-28(26(24)29(35)32-14-7-8-15-32)30-27(34)22-9-11-23(12-10-22)39(36,37)33(17-20(2)3)18-21(4)5/h9-12,20-21H,6-8,13-19H2,1-5H3,(H,30,34). The zero-order chi connectivity index (χ0) is 28.3. The third-order valence-corrected chi connectivity index (χ3v) is 10.3. The normalized spacial score (nSPS) is 16.4. The topological polar surface area (TPSA) is 90.0 Å². The number of amides is 2. The molecule has 1 saturated heterocycles. The number of nitrogens with one attached hydrogen (secondary N) is 1. The number of likely N-dealkylation sites (N-methyl/N-ethyl adjacent to an activating group) is 1. The Morgan fingerprint density at radius 1 is 1.00 bits per heavy atom. The SMILES string of the molecule is CCN1CCc2c(sc(NC(=O)c3ccc(S(=O)(=O)N(CC(C)C)CC(C)C)cc3)c2C(=O)N2CCCC2)C1. The van der Waals surface area contributed by atoms with Gasteiger partial charge in [-0.3, -0.25) is 14.5 Å². The molecule has 10 heteroatoms. The Bertz CT molecular complexity index is 1270. The minimum atomic E-state index is -3.68. The van der Waals surface area contributed by atoms with Gasteiger partial charge >= 0.3 is 0 Å². The Hall–Kier alpha value is -2.27. The fraction of sp³-hybridized carbons (Fsp3) is 0.586. The zero-order valence-electron chi connectivity index (χ0n) is 23.8. The summed E-state index contributed by atoms with van der Waals surface area (Å²) in [5.41, 5.74) is 2.06. The summed E-state index contributed by atoms with van der Waals surface area (Å²) >= 11 is 1.49. The minimum absolute atomic E-state index is 0.00193. The van der Waals surface area contributed by atoms with E-state index in [1.54, 1.807) is 12.1 Å².